The number of amides is 3. The van der Waals surface area contributed by atoms with Gasteiger partial charge < -0.3 is 10.2 Å². The number of hydrogen-bond acceptors (Lipinski definition) is 3. The van der Waals surface area contributed by atoms with E-state index in [0.717, 1.165) is 60.5 Å². The van der Waals surface area contributed by atoms with Gasteiger partial charge in [-0.15, -0.1) is 0 Å². The largest absolute Gasteiger partial charge is 0.342 e. The molecule has 1 aliphatic rings. The lowest BCUT2D eigenvalue weighted by molar-refractivity contribution is -0.137. The normalized spacial score (nSPS) is 14.4. The van der Waals surface area contributed by atoms with E-state index < -0.39 is 5.41 Å². The van der Waals surface area contributed by atoms with Gasteiger partial charge >= 0.3 is 6.03 Å². The number of anilines is 2. The molecule has 0 spiro atoms. The highest BCUT2D eigenvalue weighted by Crippen LogP contribution is 2.30. The molecule has 0 saturated carbocycles. The zero-order valence-corrected chi connectivity index (χ0v) is 26.9. The van der Waals surface area contributed by atoms with Crippen LogP contribution in [0.3, 0.4) is 0 Å². The van der Waals surface area contributed by atoms with Gasteiger partial charge in [-0.2, -0.15) is 5.10 Å². The molecule has 7 nitrogen and oxygen atoms in total. The molecule has 1 saturated heterocycles. The Morgan fingerprint density at radius 1 is 0.841 bits per heavy atom. The molecule has 0 radical (unpaired) electrons. The predicted octanol–water partition coefficient (Wildman–Crippen LogP) is 7.88. The topological polar surface area (TPSA) is 79.3 Å². The van der Waals surface area contributed by atoms with Crippen molar-refractivity contribution in [2.75, 3.05) is 23.7 Å². The fraction of sp³-hybridized carbons (Fsp3) is 0.378. The van der Waals surface area contributed by atoms with Gasteiger partial charge in [0.15, 0.2) is 0 Å². The maximum Gasteiger partial charge on any atom is 0.324 e. The summed E-state index contributed by atoms with van der Waals surface area (Å²) < 4.78 is 1.78. The SMILES string of the molecule is Cc1ccc(-n2nc(C(C)(C)C)cc2NC(=O)Nc2ccc(CC3CCN(C(=O)C(C)(C)c4ccccc4)CC3)cc2)cc1. The molecule has 2 heterocycles. The van der Waals surface area contributed by atoms with Crippen LogP contribution in [0, 0.1) is 12.8 Å². The molecule has 230 valence electrons. The van der Waals surface area contributed by atoms with Crippen LogP contribution in [0.25, 0.3) is 5.69 Å². The van der Waals surface area contributed by atoms with Crippen molar-refractivity contribution in [3.63, 3.8) is 0 Å². The number of aromatic nitrogens is 2. The van der Waals surface area contributed by atoms with E-state index >= 15 is 0 Å². The first kappa shape index (κ1) is 31.0. The van der Waals surface area contributed by atoms with Gasteiger partial charge in [0.05, 0.1) is 16.8 Å². The molecule has 7 heteroatoms. The minimum absolute atomic E-state index is 0.163. The fourth-order valence-electron chi connectivity index (χ4n) is 5.77. The number of carbonyl (C=O) groups excluding carboxylic acids is 2. The molecule has 1 aliphatic heterocycles. The quantitative estimate of drug-likeness (QED) is 0.229. The molecule has 3 aromatic carbocycles. The maximum absolute atomic E-state index is 13.4. The van der Waals surface area contributed by atoms with Crippen molar-refractivity contribution in [3.05, 3.63) is 107 Å². The standard InChI is InChI=1S/C37H45N5O2/c1-26-12-18-31(19-13-26)42-33(25-32(40-42)36(2,3)4)39-35(44)38-30-16-14-27(15-17-30)24-28-20-22-41(23-21-28)34(43)37(5,6)29-10-8-7-9-11-29/h7-19,25,28H,20-24H2,1-6H3,(H2,38,39,44). The summed E-state index contributed by atoms with van der Waals surface area (Å²) in [5.74, 6) is 1.34. The summed E-state index contributed by atoms with van der Waals surface area (Å²) >= 11 is 0. The van der Waals surface area contributed by atoms with E-state index in [2.05, 4.69) is 43.5 Å². The van der Waals surface area contributed by atoms with E-state index in [-0.39, 0.29) is 17.4 Å². The minimum Gasteiger partial charge on any atom is -0.342 e. The van der Waals surface area contributed by atoms with Gasteiger partial charge in [0.2, 0.25) is 5.91 Å². The first-order valence-corrected chi connectivity index (χ1v) is 15.6. The van der Waals surface area contributed by atoms with E-state index in [9.17, 15) is 9.59 Å². The summed E-state index contributed by atoms with van der Waals surface area (Å²) in [6, 6.07) is 27.8. The van der Waals surface area contributed by atoms with Crippen molar-refractivity contribution < 1.29 is 9.59 Å². The van der Waals surface area contributed by atoms with Gasteiger partial charge in [-0.3, -0.25) is 10.1 Å². The molecular formula is C37H45N5O2. The van der Waals surface area contributed by atoms with Gasteiger partial charge in [0.25, 0.3) is 0 Å². The lowest BCUT2D eigenvalue weighted by Crippen LogP contribution is -2.47. The highest BCUT2D eigenvalue weighted by molar-refractivity contribution is 5.99. The van der Waals surface area contributed by atoms with Crippen molar-refractivity contribution >= 4 is 23.4 Å². The number of piperidine rings is 1. The van der Waals surface area contributed by atoms with Crippen molar-refractivity contribution in [2.45, 2.75) is 71.6 Å². The third kappa shape index (κ3) is 7.21. The van der Waals surface area contributed by atoms with Crippen molar-refractivity contribution in [2.24, 2.45) is 5.92 Å². The summed E-state index contributed by atoms with van der Waals surface area (Å²) in [6.07, 6.45) is 2.94. The molecule has 1 fully saturated rings. The molecule has 4 aromatic rings. The van der Waals surface area contributed by atoms with Crippen LogP contribution in [-0.4, -0.2) is 39.7 Å². The van der Waals surface area contributed by atoms with E-state index in [1.54, 1.807) is 4.68 Å². The zero-order valence-electron chi connectivity index (χ0n) is 26.9. The number of carbonyl (C=O) groups is 2. The van der Waals surface area contributed by atoms with Crippen LogP contribution in [0.1, 0.15) is 69.8 Å². The number of likely N-dealkylation sites (tertiary alicyclic amines) is 1. The Morgan fingerprint density at radius 2 is 1.48 bits per heavy atom. The fourth-order valence-corrected chi connectivity index (χ4v) is 5.77. The van der Waals surface area contributed by atoms with E-state index in [0.29, 0.717) is 11.7 Å². The van der Waals surface area contributed by atoms with E-state index in [1.807, 2.05) is 98.5 Å². The maximum atomic E-state index is 13.4. The molecule has 2 N–H and O–H groups in total. The average Bonchev–Trinajstić information content (AvgIpc) is 3.43. The highest BCUT2D eigenvalue weighted by Gasteiger charge is 2.35. The average molecular weight is 592 g/mol. The van der Waals surface area contributed by atoms with Gasteiger partial charge in [-0.25, -0.2) is 9.48 Å². The second-order valence-corrected chi connectivity index (χ2v) is 13.6. The first-order valence-electron chi connectivity index (χ1n) is 15.6. The van der Waals surface area contributed by atoms with Crippen LogP contribution in [0.5, 0.6) is 0 Å². The van der Waals surface area contributed by atoms with Crippen LogP contribution < -0.4 is 10.6 Å². The van der Waals surface area contributed by atoms with Crippen LogP contribution >= 0.6 is 0 Å². The molecule has 0 bridgehead atoms. The highest BCUT2D eigenvalue weighted by atomic mass is 16.2. The molecule has 5 rings (SSSR count). The summed E-state index contributed by atoms with van der Waals surface area (Å²) in [5, 5.41) is 10.8. The van der Waals surface area contributed by atoms with Crippen molar-refractivity contribution in [1.29, 1.82) is 0 Å². The molecule has 1 aromatic heterocycles. The zero-order chi connectivity index (χ0) is 31.5. The second-order valence-electron chi connectivity index (χ2n) is 13.6. The summed E-state index contributed by atoms with van der Waals surface area (Å²) in [7, 11) is 0. The Morgan fingerprint density at radius 3 is 2.09 bits per heavy atom. The van der Waals surface area contributed by atoms with Gasteiger partial charge in [-0.05, 0) is 81.3 Å². The van der Waals surface area contributed by atoms with Crippen LogP contribution in [0.15, 0.2) is 84.9 Å². The molecular weight excluding hydrogens is 546 g/mol. The predicted molar refractivity (Wildman–Crippen MR) is 179 cm³/mol. The van der Waals surface area contributed by atoms with Crippen LogP contribution in [0.4, 0.5) is 16.3 Å². The van der Waals surface area contributed by atoms with E-state index in [1.165, 1.54) is 5.56 Å². The Bertz CT molecular complexity index is 1570. The molecule has 3 amide bonds. The Hall–Kier alpha value is -4.39. The summed E-state index contributed by atoms with van der Waals surface area (Å²) in [6.45, 7) is 14.0. The number of nitrogens with zero attached hydrogens (tertiary/aromatic N) is 3. The first-order chi connectivity index (χ1) is 20.9. The van der Waals surface area contributed by atoms with Crippen LogP contribution in [-0.2, 0) is 22.0 Å². The Balaban J connectivity index is 1.16. The van der Waals surface area contributed by atoms with Gasteiger partial charge in [-0.1, -0.05) is 80.9 Å². The number of aryl methyl sites for hydroxylation is 1. The third-order valence-electron chi connectivity index (χ3n) is 8.67. The van der Waals surface area contributed by atoms with Crippen molar-refractivity contribution in [1.82, 2.24) is 14.7 Å². The molecule has 44 heavy (non-hydrogen) atoms. The van der Waals surface area contributed by atoms with Crippen LogP contribution in [0.2, 0.25) is 0 Å². The van der Waals surface area contributed by atoms with Gasteiger partial charge in [0, 0.05) is 30.3 Å². The molecule has 0 atom stereocenters. The lowest BCUT2D eigenvalue weighted by Gasteiger charge is -2.37. The van der Waals surface area contributed by atoms with Gasteiger partial charge in [0.1, 0.15) is 5.82 Å². The molecule has 0 unspecified atom stereocenters. The van der Waals surface area contributed by atoms with Crippen molar-refractivity contribution in [3.8, 4) is 5.69 Å². The number of nitrogens with one attached hydrogen (secondary N) is 2. The smallest absolute Gasteiger partial charge is 0.324 e. The lowest BCUT2D eigenvalue weighted by atomic mass is 9.82. The summed E-state index contributed by atoms with van der Waals surface area (Å²) in [5.41, 5.74) is 5.28. The second kappa shape index (κ2) is 12.7. The number of urea groups is 1. The third-order valence-corrected chi connectivity index (χ3v) is 8.67. The Kier molecular flexibility index (Phi) is 8.95. The Labute approximate surface area is 261 Å². The monoisotopic (exact) mass is 591 g/mol. The minimum atomic E-state index is -0.529. The van der Waals surface area contributed by atoms with E-state index in [4.69, 9.17) is 5.10 Å². The number of hydrogen-bond donors (Lipinski definition) is 2. The molecule has 0 aliphatic carbocycles. The number of rotatable bonds is 7. The summed E-state index contributed by atoms with van der Waals surface area (Å²) in [4.78, 5) is 28.4. The number of benzene rings is 3.